The first-order valence-electron chi connectivity index (χ1n) is 6.98. The number of nitrogens with two attached hydrogens (primary N) is 1. The van der Waals surface area contributed by atoms with E-state index in [-0.39, 0.29) is 0 Å². The molecule has 1 heterocycles. The maximum atomic E-state index is 6.03. The van der Waals surface area contributed by atoms with Gasteiger partial charge < -0.3 is 15.6 Å². The highest BCUT2D eigenvalue weighted by Gasteiger charge is 2.28. The summed E-state index contributed by atoms with van der Waals surface area (Å²) in [6, 6.07) is 8.82. The molecular formula is C16H25N3. The fraction of sp³-hybridized carbons (Fsp3) is 0.500. The van der Waals surface area contributed by atoms with E-state index in [0.717, 1.165) is 0 Å². The number of nitrogens with one attached hydrogen (secondary N) is 1. The molecule has 0 saturated heterocycles. The molecule has 2 aromatic rings. The Morgan fingerprint density at radius 3 is 2.47 bits per heavy atom. The van der Waals surface area contributed by atoms with Crippen molar-refractivity contribution in [3.05, 3.63) is 36.0 Å². The van der Waals surface area contributed by atoms with Crippen molar-refractivity contribution >= 4 is 10.9 Å². The summed E-state index contributed by atoms with van der Waals surface area (Å²) in [5.74, 6) is 1.01. The predicted molar refractivity (Wildman–Crippen MR) is 82.1 cm³/mol. The SMILES string of the molecule is CC(C)C(CN)C(c1c[nH]c2ccccc12)N(C)C. The van der Waals surface area contributed by atoms with Crippen LogP contribution in [0.1, 0.15) is 25.5 Å². The van der Waals surface area contributed by atoms with Crippen LogP contribution in [0.5, 0.6) is 0 Å². The van der Waals surface area contributed by atoms with Crippen molar-refractivity contribution in [3.8, 4) is 0 Å². The molecule has 0 amide bonds. The van der Waals surface area contributed by atoms with E-state index in [9.17, 15) is 0 Å². The monoisotopic (exact) mass is 259 g/mol. The van der Waals surface area contributed by atoms with Gasteiger partial charge >= 0.3 is 0 Å². The van der Waals surface area contributed by atoms with Crippen LogP contribution in [0.25, 0.3) is 10.9 Å². The van der Waals surface area contributed by atoms with Gasteiger partial charge in [0.15, 0.2) is 0 Å². The second-order valence-corrected chi connectivity index (χ2v) is 5.84. The summed E-state index contributed by atoms with van der Waals surface area (Å²) >= 11 is 0. The number of hydrogen-bond acceptors (Lipinski definition) is 2. The minimum absolute atomic E-state index is 0.348. The quantitative estimate of drug-likeness (QED) is 0.867. The Labute approximate surface area is 115 Å². The smallest absolute Gasteiger partial charge is 0.0457 e. The van der Waals surface area contributed by atoms with Crippen LogP contribution in [-0.2, 0) is 0 Å². The maximum Gasteiger partial charge on any atom is 0.0457 e. The zero-order valence-corrected chi connectivity index (χ0v) is 12.4. The Bertz CT molecular complexity index is 528. The average molecular weight is 259 g/mol. The molecule has 3 heteroatoms. The first kappa shape index (κ1) is 14.1. The molecule has 0 aliphatic heterocycles. The molecule has 3 N–H and O–H groups in total. The van der Waals surface area contributed by atoms with Gasteiger partial charge in [0.1, 0.15) is 0 Å². The van der Waals surface area contributed by atoms with E-state index in [1.165, 1.54) is 16.5 Å². The van der Waals surface area contributed by atoms with Crippen molar-refractivity contribution in [2.75, 3.05) is 20.6 Å². The van der Waals surface area contributed by atoms with Gasteiger partial charge in [0, 0.05) is 23.1 Å². The minimum atomic E-state index is 0.348. The summed E-state index contributed by atoms with van der Waals surface area (Å²) in [5, 5.41) is 1.31. The summed E-state index contributed by atoms with van der Waals surface area (Å²) in [6.45, 7) is 5.21. The lowest BCUT2D eigenvalue weighted by Crippen LogP contribution is -2.35. The molecule has 2 rings (SSSR count). The van der Waals surface area contributed by atoms with Gasteiger partial charge in [0.05, 0.1) is 0 Å². The fourth-order valence-electron chi connectivity index (χ4n) is 3.00. The molecule has 0 spiro atoms. The molecule has 19 heavy (non-hydrogen) atoms. The molecular weight excluding hydrogens is 234 g/mol. The van der Waals surface area contributed by atoms with Crippen LogP contribution in [-0.4, -0.2) is 30.5 Å². The summed E-state index contributed by atoms with van der Waals surface area (Å²) in [5.41, 5.74) is 8.58. The Balaban J connectivity index is 2.50. The second kappa shape index (κ2) is 5.76. The van der Waals surface area contributed by atoms with Gasteiger partial charge in [-0.25, -0.2) is 0 Å². The molecule has 0 fully saturated rings. The van der Waals surface area contributed by atoms with Crippen molar-refractivity contribution < 1.29 is 0 Å². The van der Waals surface area contributed by atoms with E-state index in [4.69, 9.17) is 5.73 Å². The highest BCUT2D eigenvalue weighted by Crippen LogP contribution is 2.35. The highest BCUT2D eigenvalue weighted by atomic mass is 15.1. The zero-order chi connectivity index (χ0) is 14.0. The third-order valence-electron chi connectivity index (χ3n) is 4.03. The lowest BCUT2D eigenvalue weighted by molar-refractivity contribution is 0.177. The van der Waals surface area contributed by atoms with Crippen LogP contribution in [0, 0.1) is 11.8 Å². The summed E-state index contributed by atoms with van der Waals surface area (Å²) in [4.78, 5) is 5.66. The number of benzene rings is 1. The molecule has 3 nitrogen and oxygen atoms in total. The van der Waals surface area contributed by atoms with E-state index in [1.807, 2.05) is 0 Å². The Kier molecular flexibility index (Phi) is 4.27. The summed E-state index contributed by atoms with van der Waals surface area (Å²) in [7, 11) is 4.27. The lowest BCUT2D eigenvalue weighted by Gasteiger charge is -2.34. The third-order valence-corrected chi connectivity index (χ3v) is 4.03. The Morgan fingerprint density at radius 1 is 1.21 bits per heavy atom. The molecule has 0 aliphatic carbocycles. The standard InChI is InChI=1S/C16H25N3/c1-11(2)13(9-17)16(19(3)4)14-10-18-15-8-6-5-7-12(14)15/h5-8,10-11,13,16,18H,9,17H2,1-4H3. The normalized spacial score (nSPS) is 15.3. The van der Waals surface area contributed by atoms with Crippen LogP contribution >= 0.6 is 0 Å². The third kappa shape index (κ3) is 2.67. The minimum Gasteiger partial charge on any atom is -0.361 e. The largest absolute Gasteiger partial charge is 0.361 e. The summed E-state index contributed by atoms with van der Waals surface area (Å²) in [6.07, 6.45) is 2.14. The van der Waals surface area contributed by atoms with Crippen molar-refractivity contribution in [1.29, 1.82) is 0 Å². The maximum absolute atomic E-state index is 6.03. The van der Waals surface area contributed by atoms with Gasteiger partial charge in [0.25, 0.3) is 0 Å². The van der Waals surface area contributed by atoms with E-state index in [1.54, 1.807) is 0 Å². The molecule has 1 aromatic carbocycles. The Hall–Kier alpha value is -1.32. The van der Waals surface area contributed by atoms with Gasteiger partial charge in [-0.3, -0.25) is 0 Å². The average Bonchev–Trinajstić information content (AvgIpc) is 2.78. The van der Waals surface area contributed by atoms with E-state index < -0.39 is 0 Å². The van der Waals surface area contributed by atoms with Crippen LogP contribution in [0.4, 0.5) is 0 Å². The van der Waals surface area contributed by atoms with Crippen molar-refractivity contribution in [3.63, 3.8) is 0 Å². The van der Waals surface area contributed by atoms with Crippen molar-refractivity contribution in [2.24, 2.45) is 17.6 Å². The Morgan fingerprint density at radius 2 is 1.89 bits per heavy atom. The van der Waals surface area contributed by atoms with E-state index in [0.29, 0.717) is 24.4 Å². The molecule has 1 aromatic heterocycles. The van der Waals surface area contributed by atoms with Gasteiger partial charge in [-0.2, -0.15) is 0 Å². The number of para-hydroxylation sites is 1. The molecule has 2 unspecified atom stereocenters. The number of hydrogen-bond donors (Lipinski definition) is 2. The van der Waals surface area contributed by atoms with Crippen molar-refractivity contribution in [1.82, 2.24) is 9.88 Å². The predicted octanol–water partition coefficient (Wildman–Crippen LogP) is 3.00. The molecule has 0 bridgehead atoms. The number of rotatable bonds is 5. The van der Waals surface area contributed by atoms with Gasteiger partial charge in [-0.1, -0.05) is 32.0 Å². The zero-order valence-electron chi connectivity index (χ0n) is 12.4. The summed E-state index contributed by atoms with van der Waals surface area (Å²) < 4.78 is 0. The van der Waals surface area contributed by atoms with Gasteiger partial charge in [-0.05, 0) is 44.1 Å². The van der Waals surface area contributed by atoms with E-state index in [2.05, 4.69) is 68.3 Å². The first-order valence-corrected chi connectivity index (χ1v) is 6.98. The molecule has 0 aliphatic rings. The first-order chi connectivity index (χ1) is 9.06. The van der Waals surface area contributed by atoms with Crippen LogP contribution in [0.2, 0.25) is 0 Å². The van der Waals surface area contributed by atoms with Crippen LogP contribution in [0.3, 0.4) is 0 Å². The molecule has 104 valence electrons. The second-order valence-electron chi connectivity index (χ2n) is 5.84. The highest BCUT2D eigenvalue weighted by molar-refractivity contribution is 5.83. The molecule has 0 radical (unpaired) electrons. The molecule has 2 atom stereocenters. The van der Waals surface area contributed by atoms with Gasteiger partial charge in [-0.15, -0.1) is 0 Å². The number of H-pyrrole nitrogens is 1. The topological polar surface area (TPSA) is 45.1 Å². The fourth-order valence-corrected chi connectivity index (χ4v) is 3.00. The van der Waals surface area contributed by atoms with Crippen LogP contribution in [0.15, 0.2) is 30.5 Å². The van der Waals surface area contributed by atoms with Gasteiger partial charge in [0.2, 0.25) is 0 Å². The number of aromatic nitrogens is 1. The lowest BCUT2D eigenvalue weighted by atomic mass is 9.84. The van der Waals surface area contributed by atoms with Crippen molar-refractivity contribution in [2.45, 2.75) is 19.9 Å². The molecule has 0 saturated carbocycles. The number of fused-ring (bicyclic) bond motifs is 1. The number of aromatic amines is 1. The number of nitrogens with zero attached hydrogens (tertiary/aromatic N) is 1. The van der Waals surface area contributed by atoms with Crippen LogP contribution < -0.4 is 5.73 Å². The van der Waals surface area contributed by atoms with E-state index >= 15 is 0 Å².